The topological polar surface area (TPSA) is 41.5 Å². The fourth-order valence-electron chi connectivity index (χ4n) is 1.42. The molecule has 0 saturated heterocycles. The lowest BCUT2D eigenvalue weighted by molar-refractivity contribution is 0.190. The quantitative estimate of drug-likeness (QED) is 0.742. The van der Waals surface area contributed by atoms with Crippen LogP contribution < -0.4 is 10.1 Å². The third-order valence-electron chi connectivity index (χ3n) is 2.19. The molecular weight excluding hydrogens is 202 g/mol. The molecule has 3 nitrogen and oxygen atoms in total. The molecule has 0 aromatic heterocycles. The van der Waals surface area contributed by atoms with Crippen LogP contribution in [0.15, 0.2) is 24.3 Å². The number of nitrogens with one attached hydrogen (secondary N) is 1. The SMILES string of the molecule is CCCOc1ccccc1CNC[C@H](C)O. The number of benzene rings is 1. The van der Waals surface area contributed by atoms with Gasteiger partial charge >= 0.3 is 0 Å². The third kappa shape index (κ3) is 4.64. The van der Waals surface area contributed by atoms with Crippen molar-refractivity contribution in [2.75, 3.05) is 13.2 Å². The first-order chi connectivity index (χ1) is 7.74. The second-order valence-corrected chi connectivity index (χ2v) is 3.94. The summed E-state index contributed by atoms with van der Waals surface area (Å²) in [5.74, 6) is 0.933. The summed E-state index contributed by atoms with van der Waals surface area (Å²) in [7, 11) is 0. The minimum atomic E-state index is -0.316. The normalized spacial score (nSPS) is 12.4. The lowest BCUT2D eigenvalue weighted by Crippen LogP contribution is -2.24. The van der Waals surface area contributed by atoms with Gasteiger partial charge in [0.2, 0.25) is 0 Å². The Morgan fingerprint density at radius 1 is 1.38 bits per heavy atom. The van der Waals surface area contributed by atoms with Crippen LogP contribution in [0, 0.1) is 0 Å². The summed E-state index contributed by atoms with van der Waals surface area (Å²) in [5.41, 5.74) is 1.14. The second-order valence-electron chi connectivity index (χ2n) is 3.94. The van der Waals surface area contributed by atoms with Gasteiger partial charge < -0.3 is 15.2 Å². The highest BCUT2D eigenvalue weighted by atomic mass is 16.5. The average Bonchev–Trinajstić information content (AvgIpc) is 2.27. The summed E-state index contributed by atoms with van der Waals surface area (Å²) in [6, 6.07) is 8.00. The zero-order valence-electron chi connectivity index (χ0n) is 10.1. The zero-order valence-corrected chi connectivity index (χ0v) is 10.1. The second kappa shape index (κ2) is 7.25. The van der Waals surface area contributed by atoms with Gasteiger partial charge in [-0.15, -0.1) is 0 Å². The monoisotopic (exact) mass is 223 g/mol. The van der Waals surface area contributed by atoms with Gasteiger partial charge in [0.05, 0.1) is 12.7 Å². The smallest absolute Gasteiger partial charge is 0.123 e. The number of aliphatic hydroxyl groups excluding tert-OH is 1. The predicted molar refractivity (Wildman–Crippen MR) is 65.6 cm³/mol. The van der Waals surface area contributed by atoms with Crippen LogP contribution in [0.4, 0.5) is 0 Å². The van der Waals surface area contributed by atoms with Crippen molar-refractivity contribution in [2.24, 2.45) is 0 Å². The van der Waals surface area contributed by atoms with E-state index in [0.29, 0.717) is 6.54 Å². The standard InChI is InChI=1S/C13H21NO2/c1-3-8-16-13-7-5-4-6-12(13)10-14-9-11(2)15/h4-7,11,14-15H,3,8-10H2,1-2H3/t11-/m0/s1. The Morgan fingerprint density at radius 2 is 2.12 bits per heavy atom. The maximum atomic E-state index is 9.15. The van der Waals surface area contributed by atoms with E-state index >= 15 is 0 Å². The Labute approximate surface area is 97.4 Å². The van der Waals surface area contributed by atoms with Crippen LogP contribution in [0.3, 0.4) is 0 Å². The first-order valence-corrected chi connectivity index (χ1v) is 5.83. The molecule has 0 fully saturated rings. The van der Waals surface area contributed by atoms with Gasteiger partial charge in [0.15, 0.2) is 0 Å². The van der Waals surface area contributed by atoms with Crippen LogP contribution in [0.25, 0.3) is 0 Å². The van der Waals surface area contributed by atoms with Gasteiger partial charge in [0.1, 0.15) is 5.75 Å². The Hall–Kier alpha value is -1.06. The van der Waals surface area contributed by atoms with Gasteiger partial charge in [0.25, 0.3) is 0 Å². The van der Waals surface area contributed by atoms with E-state index in [2.05, 4.69) is 12.2 Å². The van der Waals surface area contributed by atoms with E-state index < -0.39 is 0 Å². The first-order valence-electron chi connectivity index (χ1n) is 5.83. The molecule has 1 atom stereocenters. The molecule has 0 aliphatic carbocycles. The molecule has 0 radical (unpaired) electrons. The van der Waals surface area contributed by atoms with Crippen molar-refractivity contribution in [3.05, 3.63) is 29.8 Å². The summed E-state index contributed by atoms with van der Waals surface area (Å²) in [6.45, 7) is 5.93. The van der Waals surface area contributed by atoms with Gasteiger partial charge in [-0.25, -0.2) is 0 Å². The number of hydrogen-bond acceptors (Lipinski definition) is 3. The van der Waals surface area contributed by atoms with Crippen LogP contribution in [0.5, 0.6) is 5.75 Å². The Balaban J connectivity index is 2.49. The van der Waals surface area contributed by atoms with Crippen LogP contribution >= 0.6 is 0 Å². The summed E-state index contributed by atoms with van der Waals surface area (Å²) in [6.07, 6.45) is 0.693. The number of rotatable bonds is 7. The van der Waals surface area contributed by atoms with Crippen molar-refractivity contribution in [1.29, 1.82) is 0 Å². The number of para-hydroxylation sites is 1. The predicted octanol–water partition coefficient (Wildman–Crippen LogP) is 1.95. The number of aliphatic hydroxyl groups is 1. The summed E-state index contributed by atoms with van der Waals surface area (Å²) in [4.78, 5) is 0. The highest BCUT2D eigenvalue weighted by molar-refractivity contribution is 5.33. The molecule has 1 rings (SSSR count). The van der Waals surface area contributed by atoms with Gasteiger partial charge in [-0.05, 0) is 19.4 Å². The molecule has 0 aliphatic rings. The van der Waals surface area contributed by atoms with Crippen LogP contribution in [-0.4, -0.2) is 24.4 Å². The van der Waals surface area contributed by atoms with Crippen LogP contribution in [0.1, 0.15) is 25.8 Å². The zero-order chi connectivity index (χ0) is 11.8. The summed E-state index contributed by atoms with van der Waals surface area (Å²) in [5, 5.41) is 12.3. The fourth-order valence-corrected chi connectivity index (χ4v) is 1.42. The molecule has 1 aromatic carbocycles. The Kier molecular flexibility index (Phi) is 5.90. The third-order valence-corrected chi connectivity index (χ3v) is 2.19. The largest absolute Gasteiger partial charge is 0.493 e. The van der Waals surface area contributed by atoms with E-state index in [1.54, 1.807) is 6.92 Å². The molecule has 3 heteroatoms. The molecule has 90 valence electrons. The molecule has 0 saturated carbocycles. The van der Waals surface area contributed by atoms with Gasteiger partial charge in [-0.2, -0.15) is 0 Å². The molecule has 0 heterocycles. The lowest BCUT2D eigenvalue weighted by atomic mass is 10.2. The van der Waals surface area contributed by atoms with Gasteiger partial charge in [-0.1, -0.05) is 25.1 Å². The Morgan fingerprint density at radius 3 is 2.81 bits per heavy atom. The van der Waals surface area contributed by atoms with Crippen molar-refractivity contribution >= 4 is 0 Å². The van der Waals surface area contributed by atoms with Crippen molar-refractivity contribution in [2.45, 2.75) is 32.9 Å². The van der Waals surface area contributed by atoms with Crippen LogP contribution in [-0.2, 0) is 6.54 Å². The van der Waals surface area contributed by atoms with Crippen molar-refractivity contribution in [3.8, 4) is 5.75 Å². The minimum Gasteiger partial charge on any atom is -0.493 e. The average molecular weight is 223 g/mol. The van der Waals surface area contributed by atoms with E-state index in [1.807, 2.05) is 24.3 Å². The molecule has 0 aliphatic heterocycles. The fraction of sp³-hybridized carbons (Fsp3) is 0.538. The molecule has 0 spiro atoms. The van der Waals surface area contributed by atoms with E-state index in [4.69, 9.17) is 9.84 Å². The lowest BCUT2D eigenvalue weighted by Gasteiger charge is -2.12. The first kappa shape index (κ1) is 13.0. The molecule has 0 bridgehead atoms. The van der Waals surface area contributed by atoms with Crippen molar-refractivity contribution in [3.63, 3.8) is 0 Å². The molecular formula is C13H21NO2. The maximum absolute atomic E-state index is 9.15. The maximum Gasteiger partial charge on any atom is 0.123 e. The molecule has 2 N–H and O–H groups in total. The van der Waals surface area contributed by atoms with Crippen molar-refractivity contribution in [1.82, 2.24) is 5.32 Å². The molecule has 0 unspecified atom stereocenters. The number of ether oxygens (including phenoxy) is 1. The van der Waals surface area contributed by atoms with E-state index in [1.165, 1.54) is 0 Å². The van der Waals surface area contributed by atoms with E-state index in [0.717, 1.165) is 30.9 Å². The molecule has 1 aromatic rings. The minimum absolute atomic E-state index is 0.316. The highest BCUT2D eigenvalue weighted by Crippen LogP contribution is 2.17. The molecule has 0 amide bonds. The van der Waals surface area contributed by atoms with E-state index in [9.17, 15) is 0 Å². The summed E-state index contributed by atoms with van der Waals surface area (Å²) >= 11 is 0. The van der Waals surface area contributed by atoms with E-state index in [-0.39, 0.29) is 6.10 Å². The summed E-state index contributed by atoms with van der Waals surface area (Å²) < 4.78 is 5.64. The van der Waals surface area contributed by atoms with Gasteiger partial charge in [-0.3, -0.25) is 0 Å². The Bertz CT molecular complexity index is 300. The highest BCUT2D eigenvalue weighted by Gasteiger charge is 2.02. The van der Waals surface area contributed by atoms with Crippen molar-refractivity contribution < 1.29 is 9.84 Å². The number of hydrogen-bond donors (Lipinski definition) is 2. The van der Waals surface area contributed by atoms with Crippen LogP contribution in [0.2, 0.25) is 0 Å². The van der Waals surface area contributed by atoms with Gasteiger partial charge in [0, 0.05) is 18.7 Å². The molecule has 16 heavy (non-hydrogen) atoms.